The average Bonchev–Trinajstić information content (AvgIpc) is 2.93. The summed E-state index contributed by atoms with van der Waals surface area (Å²) in [7, 11) is 1.25. The molecule has 23 heavy (non-hydrogen) atoms. The van der Waals surface area contributed by atoms with Gasteiger partial charge < -0.3 is 9.47 Å². The standard InChI is InChI=1S/C17H14BrClO4/c1-22-15(20)13-9-12(10-4-6-11(19)7-5-10)17(16(21)23-13)8-2-3-14(17)18/h3-7,9,12H,2,8H2,1H3/t12-,17+/m0/s1. The summed E-state index contributed by atoms with van der Waals surface area (Å²) < 4.78 is 10.7. The summed E-state index contributed by atoms with van der Waals surface area (Å²) in [5.74, 6) is -1.51. The van der Waals surface area contributed by atoms with Crippen molar-refractivity contribution < 1.29 is 19.1 Å². The van der Waals surface area contributed by atoms with Crippen LogP contribution in [0.5, 0.6) is 0 Å². The topological polar surface area (TPSA) is 52.6 Å². The van der Waals surface area contributed by atoms with E-state index in [1.165, 1.54) is 7.11 Å². The van der Waals surface area contributed by atoms with Gasteiger partial charge >= 0.3 is 11.9 Å². The molecule has 1 aliphatic heterocycles. The third-order valence-corrected chi connectivity index (χ3v) is 5.60. The molecule has 0 bridgehead atoms. The van der Waals surface area contributed by atoms with Gasteiger partial charge in [0.25, 0.3) is 0 Å². The van der Waals surface area contributed by atoms with Gasteiger partial charge in [0.2, 0.25) is 5.76 Å². The van der Waals surface area contributed by atoms with Gasteiger partial charge in [-0.25, -0.2) is 4.79 Å². The Morgan fingerprint density at radius 3 is 2.65 bits per heavy atom. The molecular formula is C17H14BrClO4. The van der Waals surface area contributed by atoms with E-state index in [2.05, 4.69) is 20.7 Å². The number of hydrogen-bond donors (Lipinski definition) is 0. The highest BCUT2D eigenvalue weighted by molar-refractivity contribution is 9.11. The van der Waals surface area contributed by atoms with Crippen molar-refractivity contribution >= 4 is 39.5 Å². The molecule has 6 heteroatoms. The molecule has 2 atom stereocenters. The highest BCUT2D eigenvalue weighted by atomic mass is 79.9. The summed E-state index contributed by atoms with van der Waals surface area (Å²) in [5.41, 5.74) is 0.0467. The third-order valence-electron chi connectivity index (χ3n) is 4.32. The Labute approximate surface area is 147 Å². The number of halogens is 2. The van der Waals surface area contributed by atoms with E-state index in [-0.39, 0.29) is 11.7 Å². The van der Waals surface area contributed by atoms with Crippen molar-refractivity contribution in [1.29, 1.82) is 0 Å². The lowest BCUT2D eigenvalue weighted by Gasteiger charge is -2.38. The summed E-state index contributed by atoms with van der Waals surface area (Å²) in [4.78, 5) is 24.6. The number of allylic oxidation sites excluding steroid dienone is 2. The van der Waals surface area contributed by atoms with Crippen LogP contribution in [0.1, 0.15) is 24.3 Å². The van der Waals surface area contributed by atoms with Gasteiger partial charge in [-0.1, -0.05) is 45.7 Å². The molecule has 1 aromatic rings. The van der Waals surface area contributed by atoms with Crippen LogP contribution in [0.4, 0.5) is 0 Å². The summed E-state index contributed by atoms with van der Waals surface area (Å²) in [6.07, 6.45) is 5.02. The van der Waals surface area contributed by atoms with Gasteiger partial charge in [0.05, 0.1) is 7.11 Å². The quantitative estimate of drug-likeness (QED) is 0.705. The zero-order valence-electron chi connectivity index (χ0n) is 12.3. The highest BCUT2D eigenvalue weighted by Gasteiger charge is 2.54. The van der Waals surface area contributed by atoms with Gasteiger partial charge in [-0.05, 0) is 36.6 Å². The minimum absolute atomic E-state index is 0.0738. The van der Waals surface area contributed by atoms with Gasteiger partial charge in [-0.3, -0.25) is 4.79 Å². The van der Waals surface area contributed by atoms with Crippen LogP contribution in [0.15, 0.2) is 46.7 Å². The first kappa shape index (κ1) is 16.3. The Bertz CT molecular complexity index is 723. The second-order valence-corrected chi connectivity index (χ2v) is 6.79. The Kier molecular flexibility index (Phi) is 4.34. The Morgan fingerprint density at radius 2 is 2.09 bits per heavy atom. The lowest BCUT2D eigenvalue weighted by molar-refractivity contribution is -0.158. The molecular weight excluding hydrogens is 384 g/mol. The fraction of sp³-hybridized carbons (Fsp3) is 0.294. The summed E-state index contributed by atoms with van der Waals surface area (Å²) in [5, 5.41) is 0.611. The van der Waals surface area contributed by atoms with Gasteiger partial charge in [0.1, 0.15) is 5.41 Å². The van der Waals surface area contributed by atoms with Crippen LogP contribution in [-0.4, -0.2) is 19.0 Å². The number of hydrogen-bond acceptors (Lipinski definition) is 4. The number of carbonyl (C=O) groups is 2. The van der Waals surface area contributed by atoms with Crippen molar-refractivity contribution in [2.45, 2.75) is 18.8 Å². The SMILES string of the molecule is COC(=O)C1=C[C@@H](c2ccc(Cl)cc2)[C@@]2(CCC=C2Br)C(=O)O1. The molecule has 120 valence electrons. The number of benzene rings is 1. The first-order valence-electron chi connectivity index (χ1n) is 7.13. The molecule has 1 aliphatic carbocycles. The van der Waals surface area contributed by atoms with Crippen LogP contribution < -0.4 is 0 Å². The van der Waals surface area contributed by atoms with E-state index in [0.29, 0.717) is 11.4 Å². The monoisotopic (exact) mass is 396 g/mol. The number of esters is 2. The van der Waals surface area contributed by atoms with E-state index in [0.717, 1.165) is 16.5 Å². The maximum Gasteiger partial charge on any atom is 0.373 e. The van der Waals surface area contributed by atoms with E-state index in [1.54, 1.807) is 18.2 Å². The lowest BCUT2D eigenvalue weighted by atomic mass is 9.70. The van der Waals surface area contributed by atoms with Crippen molar-refractivity contribution in [3.8, 4) is 0 Å². The first-order chi connectivity index (χ1) is 11.0. The molecule has 1 heterocycles. The molecule has 0 N–H and O–H groups in total. The maximum atomic E-state index is 12.7. The van der Waals surface area contributed by atoms with Gasteiger partial charge in [0.15, 0.2) is 0 Å². The average molecular weight is 398 g/mol. The summed E-state index contributed by atoms with van der Waals surface area (Å²) in [6.45, 7) is 0. The fourth-order valence-corrected chi connectivity index (χ4v) is 4.10. The Morgan fingerprint density at radius 1 is 1.39 bits per heavy atom. The van der Waals surface area contributed by atoms with Crippen molar-refractivity contribution in [1.82, 2.24) is 0 Å². The Balaban J connectivity index is 2.14. The molecule has 0 unspecified atom stereocenters. The molecule has 0 amide bonds. The number of rotatable bonds is 2. The number of ether oxygens (including phenoxy) is 2. The minimum Gasteiger partial charge on any atom is -0.463 e. The van der Waals surface area contributed by atoms with E-state index < -0.39 is 17.4 Å². The van der Waals surface area contributed by atoms with E-state index >= 15 is 0 Å². The van der Waals surface area contributed by atoms with Crippen molar-refractivity contribution in [2.75, 3.05) is 7.11 Å². The van der Waals surface area contributed by atoms with Crippen molar-refractivity contribution in [3.63, 3.8) is 0 Å². The second-order valence-electron chi connectivity index (χ2n) is 5.50. The maximum absolute atomic E-state index is 12.7. The largest absolute Gasteiger partial charge is 0.463 e. The molecule has 0 aromatic heterocycles. The van der Waals surface area contributed by atoms with Crippen LogP contribution in [0, 0.1) is 5.41 Å². The number of methoxy groups -OCH3 is 1. The predicted octanol–water partition coefficient (Wildman–Crippen LogP) is 4.10. The first-order valence-corrected chi connectivity index (χ1v) is 8.30. The van der Waals surface area contributed by atoms with Crippen molar-refractivity contribution in [2.24, 2.45) is 5.41 Å². The molecule has 2 aliphatic rings. The summed E-state index contributed by atoms with van der Waals surface area (Å²) >= 11 is 9.47. The molecule has 0 saturated carbocycles. The van der Waals surface area contributed by atoms with Crippen LogP contribution in [0.25, 0.3) is 0 Å². The zero-order chi connectivity index (χ0) is 16.6. The molecule has 3 rings (SSSR count). The zero-order valence-corrected chi connectivity index (χ0v) is 14.7. The summed E-state index contributed by atoms with van der Waals surface area (Å²) in [6, 6.07) is 7.25. The molecule has 0 fully saturated rings. The molecule has 0 radical (unpaired) electrons. The van der Waals surface area contributed by atoms with Crippen LogP contribution in [0.3, 0.4) is 0 Å². The van der Waals surface area contributed by atoms with Crippen molar-refractivity contribution in [3.05, 3.63) is 57.2 Å². The molecule has 0 saturated heterocycles. The minimum atomic E-state index is -0.842. The van der Waals surface area contributed by atoms with Gasteiger partial charge in [-0.2, -0.15) is 0 Å². The smallest absolute Gasteiger partial charge is 0.373 e. The Hall–Kier alpha value is -1.59. The fourth-order valence-electron chi connectivity index (χ4n) is 3.14. The van der Waals surface area contributed by atoms with E-state index in [4.69, 9.17) is 16.3 Å². The number of carbonyl (C=O) groups excluding carboxylic acids is 2. The van der Waals surface area contributed by atoms with Crippen LogP contribution >= 0.6 is 27.5 Å². The number of cyclic esters (lactones) is 1. The third kappa shape index (κ3) is 2.62. The molecule has 4 nitrogen and oxygen atoms in total. The normalized spacial score (nSPS) is 26.6. The predicted molar refractivity (Wildman–Crippen MR) is 89.1 cm³/mol. The van der Waals surface area contributed by atoms with Crippen LogP contribution in [-0.2, 0) is 19.1 Å². The van der Waals surface area contributed by atoms with E-state index in [1.807, 2.05) is 18.2 Å². The van der Waals surface area contributed by atoms with Gasteiger partial charge in [0, 0.05) is 15.4 Å². The highest BCUT2D eigenvalue weighted by Crippen LogP contribution is 2.56. The molecule has 1 spiro atoms. The van der Waals surface area contributed by atoms with Gasteiger partial charge in [-0.15, -0.1) is 0 Å². The van der Waals surface area contributed by atoms with Crippen LogP contribution in [0.2, 0.25) is 5.02 Å². The second kappa shape index (κ2) is 6.13. The molecule has 1 aromatic carbocycles. The van der Waals surface area contributed by atoms with E-state index in [9.17, 15) is 9.59 Å². The lowest BCUT2D eigenvalue weighted by Crippen LogP contribution is -2.41.